The van der Waals surface area contributed by atoms with E-state index in [1.165, 1.54) is 12.1 Å². The minimum Gasteiger partial charge on any atom is -0.466 e. The molecule has 0 unspecified atom stereocenters. The van der Waals surface area contributed by atoms with Crippen LogP contribution in [0.15, 0.2) is 24.3 Å². The standard InChI is InChI=1S/C13H13F3O3/c1-2-19-12(18)8-7-11(17)9-5-3-4-6-10(9)13(14,15)16/h3-6H,2,7-8H2,1H3. The summed E-state index contributed by atoms with van der Waals surface area (Å²) >= 11 is 0. The second-order valence-electron chi connectivity index (χ2n) is 3.77. The van der Waals surface area contributed by atoms with Gasteiger partial charge in [-0.3, -0.25) is 9.59 Å². The summed E-state index contributed by atoms with van der Waals surface area (Å²) in [6.07, 6.45) is -5.11. The van der Waals surface area contributed by atoms with Gasteiger partial charge >= 0.3 is 12.1 Å². The Kier molecular flexibility index (Phi) is 5.09. The Labute approximate surface area is 108 Å². The first kappa shape index (κ1) is 15.2. The fourth-order valence-corrected chi connectivity index (χ4v) is 1.56. The summed E-state index contributed by atoms with van der Waals surface area (Å²) in [6.45, 7) is 1.78. The topological polar surface area (TPSA) is 43.4 Å². The third-order valence-corrected chi connectivity index (χ3v) is 2.39. The van der Waals surface area contributed by atoms with Crippen LogP contribution < -0.4 is 0 Å². The molecule has 19 heavy (non-hydrogen) atoms. The minimum absolute atomic E-state index is 0.173. The first-order valence-corrected chi connectivity index (χ1v) is 5.71. The SMILES string of the molecule is CCOC(=O)CCC(=O)c1ccccc1C(F)(F)F. The highest BCUT2D eigenvalue weighted by atomic mass is 19.4. The van der Waals surface area contributed by atoms with Crippen molar-refractivity contribution in [3.63, 3.8) is 0 Å². The molecule has 0 spiro atoms. The number of hydrogen-bond donors (Lipinski definition) is 0. The summed E-state index contributed by atoms with van der Waals surface area (Å²) in [5.74, 6) is -1.32. The maximum absolute atomic E-state index is 12.7. The zero-order chi connectivity index (χ0) is 14.5. The number of esters is 1. The molecule has 0 saturated heterocycles. The molecule has 1 rings (SSSR count). The molecule has 0 atom stereocenters. The van der Waals surface area contributed by atoms with Crippen molar-refractivity contribution in [3.05, 3.63) is 35.4 Å². The third kappa shape index (κ3) is 4.39. The largest absolute Gasteiger partial charge is 0.466 e. The second kappa shape index (κ2) is 6.36. The van der Waals surface area contributed by atoms with E-state index < -0.39 is 29.1 Å². The zero-order valence-electron chi connectivity index (χ0n) is 10.3. The van der Waals surface area contributed by atoms with Crippen LogP contribution in [0.4, 0.5) is 13.2 Å². The Morgan fingerprint density at radius 3 is 2.37 bits per heavy atom. The van der Waals surface area contributed by atoms with Gasteiger partial charge in [-0.25, -0.2) is 0 Å². The number of carbonyl (C=O) groups is 2. The van der Waals surface area contributed by atoms with E-state index in [9.17, 15) is 22.8 Å². The average Bonchev–Trinajstić information content (AvgIpc) is 2.35. The molecule has 3 nitrogen and oxygen atoms in total. The van der Waals surface area contributed by atoms with Crippen LogP contribution in [-0.2, 0) is 15.7 Å². The molecule has 104 valence electrons. The van der Waals surface area contributed by atoms with Crippen molar-refractivity contribution >= 4 is 11.8 Å². The van der Waals surface area contributed by atoms with Crippen LogP contribution >= 0.6 is 0 Å². The normalized spacial score (nSPS) is 11.2. The lowest BCUT2D eigenvalue weighted by atomic mass is 10.0. The van der Waals surface area contributed by atoms with Crippen LogP contribution in [0, 0.1) is 0 Å². The molecular weight excluding hydrogens is 261 g/mol. The van der Waals surface area contributed by atoms with Crippen LogP contribution in [0.25, 0.3) is 0 Å². The van der Waals surface area contributed by atoms with E-state index in [0.29, 0.717) is 0 Å². The van der Waals surface area contributed by atoms with E-state index in [1.54, 1.807) is 6.92 Å². The molecule has 0 fully saturated rings. The van der Waals surface area contributed by atoms with Crippen molar-refractivity contribution < 1.29 is 27.5 Å². The molecule has 0 saturated carbocycles. The first-order valence-electron chi connectivity index (χ1n) is 5.71. The van der Waals surface area contributed by atoms with Gasteiger partial charge in [0.2, 0.25) is 0 Å². The Bertz CT molecular complexity index is 466. The highest BCUT2D eigenvalue weighted by Gasteiger charge is 2.34. The molecule has 0 aliphatic heterocycles. The predicted molar refractivity (Wildman–Crippen MR) is 61.6 cm³/mol. The summed E-state index contributed by atoms with van der Waals surface area (Å²) in [6, 6.07) is 4.52. The lowest BCUT2D eigenvalue weighted by molar-refractivity contribution is -0.143. The van der Waals surface area contributed by atoms with E-state index in [1.807, 2.05) is 0 Å². The predicted octanol–water partition coefficient (Wildman–Crippen LogP) is 3.23. The zero-order valence-corrected chi connectivity index (χ0v) is 10.3. The molecule has 0 heterocycles. The van der Waals surface area contributed by atoms with E-state index >= 15 is 0 Å². The number of hydrogen-bond acceptors (Lipinski definition) is 3. The van der Waals surface area contributed by atoms with Gasteiger partial charge < -0.3 is 4.74 Å². The maximum Gasteiger partial charge on any atom is 0.417 e. The van der Waals surface area contributed by atoms with Gasteiger partial charge in [0.05, 0.1) is 18.6 Å². The average molecular weight is 274 g/mol. The van der Waals surface area contributed by atoms with E-state index in [-0.39, 0.29) is 19.4 Å². The monoisotopic (exact) mass is 274 g/mol. The third-order valence-electron chi connectivity index (χ3n) is 2.39. The van der Waals surface area contributed by atoms with Crippen molar-refractivity contribution in [2.24, 2.45) is 0 Å². The van der Waals surface area contributed by atoms with Gasteiger partial charge in [0.15, 0.2) is 5.78 Å². The fraction of sp³-hybridized carbons (Fsp3) is 0.385. The van der Waals surface area contributed by atoms with Crippen molar-refractivity contribution in [2.45, 2.75) is 25.9 Å². The number of halogens is 3. The number of Topliss-reactive ketones (excluding diaryl/α,β-unsaturated/α-hetero) is 1. The number of rotatable bonds is 5. The Balaban J connectivity index is 2.80. The van der Waals surface area contributed by atoms with Gasteiger partial charge in [-0.05, 0) is 13.0 Å². The molecule has 0 aliphatic rings. The van der Waals surface area contributed by atoms with Crippen molar-refractivity contribution in [1.82, 2.24) is 0 Å². The fourth-order valence-electron chi connectivity index (χ4n) is 1.56. The molecule has 0 bridgehead atoms. The van der Waals surface area contributed by atoms with Gasteiger partial charge in [0.25, 0.3) is 0 Å². The number of carbonyl (C=O) groups excluding carboxylic acids is 2. The van der Waals surface area contributed by atoms with Gasteiger partial charge in [-0.1, -0.05) is 18.2 Å². The van der Waals surface area contributed by atoms with Gasteiger partial charge in [-0.15, -0.1) is 0 Å². The summed E-state index contributed by atoms with van der Waals surface area (Å²) in [5, 5.41) is 0. The summed E-state index contributed by atoms with van der Waals surface area (Å²) in [7, 11) is 0. The lowest BCUT2D eigenvalue weighted by Crippen LogP contribution is -2.14. The summed E-state index contributed by atoms with van der Waals surface area (Å²) in [4.78, 5) is 22.8. The molecule has 0 aromatic heterocycles. The molecule has 1 aromatic rings. The first-order chi connectivity index (χ1) is 8.86. The number of ketones is 1. The molecule has 0 N–H and O–H groups in total. The van der Waals surface area contributed by atoms with Gasteiger partial charge in [0.1, 0.15) is 0 Å². The van der Waals surface area contributed by atoms with E-state index in [0.717, 1.165) is 12.1 Å². The molecule has 0 aliphatic carbocycles. The molecule has 0 radical (unpaired) electrons. The molecule has 6 heteroatoms. The summed E-state index contributed by atoms with van der Waals surface area (Å²) in [5.41, 5.74) is -1.40. The minimum atomic E-state index is -4.59. The highest BCUT2D eigenvalue weighted by molar-refractivity contribution is 5.99. The van der Waals surface area contributed by atoms with Crippen molar-refractivity contribution in [1.29, 1.82) is 0 Å². The molecule has 0 amide bonds. The van der Waals surface area contributed by atoms with Crippen LogP contribution in [-0.4, -0.2) is 18.4 Å². The number of benzene rings is 1. The Hall–Kier alpha value is -1.85. The quantitative estimate of drug-likeness (QED) is 0.611. The van der Waals surface area contributed by atoms with Crippen LogP contribution in [0.2, 0.25) is 0 Å². The summed E-state index contributed by atoms with van der Waals surface area (Å²) < 4.78 is 42.7. The van der Waals surface area contributed by atoms with Crippen molar-refractivity contribution in [2.75, 3.05) is 6.61 Å². The number of alkyl halides is 3. The van der Waals surface area contributed by atoms with Crippen LogP contribution in [0.5, 0.6) is 0 Å². The van der Waals surface area contributed by atoms with Crippen LogP contribution in [0.3, 0.4) is 0 Å². The smallest absolute Gasteiger partial charge is 0.417 e. The van der Waals surface area contributed by atoms with Crippen molar-refractivity contribution in [3.8, 4) is 0 Å². The maximum atomic E-state index is 12.7. The Morgan fingerprint density at radius 1 is 1.16 bits per heavy atom. The van der Waals surface area contributed by atoms with E-state index in [2.05, 4.69) is 4.74 Å². The van der Waals surface area contributed by atoms with Gasteiger partial charge in [0, 0.05) is 12.0 Å². The Morgan fingerprint density at radius 2 is 1.79 bits per heavy atom. The highest BCUT2D eigenvalue weighted by Crippen LogP contribution is 2.32. The molecule has 1 aromatic carbocycles. The lowest BCUT2D eigenvalue weighted by Gasteiger charge is -2.11. The number of ether oxygens (including phenoxy) is 1. The van der Waals surface area contributed by atoms with E-state index in [4.69, 9.17) is 0 Å². The van der Waals surface area contributed by atoms with Crippen LogP contribution in [0.1, 0.15) is 35.7 Å². The second-order valence-corrected chi connectivity index (χ2v) is 3.77. The van der Waals surface area contributed by atoms with Gasteiger partial charge in [-0.2, -0.15) is 13.2 Å². The molecular formula is C13H13F3O3.